The van der Waals surface area contributed by atoms with E-state index in [9.17, 15) is 4.79 Å². The summed E-state index contributed by atoms with van der Waals surface area (Å²) in [4.78, 5) is 23.2. The molecule has 1 saturated heterocycles. The Morgan fingerprint density at radius 2 is 2.17 bits per heavy atom. The minimum atomic E-state index is 0.101. The fourth-order valence-electron chi connectivity index (χ4n) is 2.96. The number of nitrogens with zero attached hydrogens (tertiary/aromatic N) is 4. The highest BCUT2D eigenvalue weighted by molar-refractivity contribution is 7.09. The van der Waals surface area contributed by atoms with E-state index in [1.807, 2.05) is 30.3 Å². The second-order valence-corrected chi connectivity index (χ2v) is 7.87. The summed E-state index contributed by atoms with van der Waals surface area (Å²) in [5.74, 6) is 1.66. The van der Waals surface area contributed by atoms with Crippen LogP contribution in [0.15, 0.2) is 16.1 Å². The summed E-state index contributed by atoms with van der Waals surface area (Å²) in [5.41, 5.74) is 0.101. The van der Waals surface area contributed by atoms with Crippen molar-refractivity contribution in [3.63, 3.8) is 0 Å². The Kier molecular flexibility index (Phi) is 4.99. The van der Waals surface area contributed by atoms with E-state index in [1.165, 1.54) is 5.01 Å². The summed E-state index contributed by atoms with van der Waals surface area (Å²) in [6, 6.07) is 0. The largest absolute Gasteiger partial charge is 0.343 e. The number of carbonyl (C=O) groups is 1. The van der Waals surface area contributed by atoms with Crippen LogP contribution in [0, 0.1) is 0 Å². The van der Waals surface area contributed by atoms with E-state index >= 15 is 0 Å². The van der Waals surface area contributed by atoms with Crippen molar-refractivity contribution in [3.8, 4) is 0 Å². The van der Waals surface area contributed by atoms with Crippen molar-refractivity contribution >= 4 is 17.2 Å². The van der Waals surface area contributed by atoms with Crippen molar-refractivity contribution in [1.82, 2.24) is 20.0 Å². The average molecular weight is 348 g/mol. The molecule has 0 bridgehead atoms. The molecule has 0 unspecified atom stereocenters. The van der Waals surface area contributed by atoms with Gasteiger partial charge in [-0.25, -0.2) is 4.98 Å². The number of carbonyl (C=O) groups excluding carboxylic acids is 1. The Morgan fingerprint density at radius 3 is 2.75 bits per heavy atom. The van der Waals surface area contributed by atoms with Crippen LogP contribution in [0.5, 0.6) is 0 Å². The predicted molar refractivity (Wildman–Crippen MR) is 92.0 cm³/mol. The highest BCUT2D eigenvalue weighted by Gasteiger charge is 2.35. The Hall–Kier alpha value is -1.76. The number of aryl methyl sites for hydroxylation is 1. The quantitative estimate of drug-likeness (QED) is 0.830. The molecule has 0 aliphatic carbocycles. The fraction of sp³-hybridized carbons (Fsp3) is 0.647. The topological polar surface area (TPSA) is 72.1 Å². The maximum absolute atomic E-state index is 12.4. The molecule has 1 amide bonds. The van der Waals surface area contributed by atoms with Gasteiger partial charge in [-0.05, 0) is 12.8 Å². The van der Waals surface area contributed by atoms with Crippen LogP contribution in [0.4, 0.5) is 0 Å². The van der Waals surface area contributed by atoms with Gasteiger partial charge < -0.3 is 9.42 Å². The number of aromatic nitrogens is 3. The van der Waals surface area contributed by atoms with Crippen LogP contribution in [-0.2, 0) is 16.6 Å². The monoisotopic (exact) mass is 348 g/mol. The third kappa shape index (κ3) is 3.66. The van der Waals surface area contributed by atoms with Crippen molar-refractivity contribution in [2.24, 2.45) is 0 Å². The van der Waals surface area contributed by atoms with Gasteiger partial charge in [0.2, 0.25) is 11.8 Å². The molecule has 0 N–H and O–H groups in total. The number of rotatable bonds is 5. The summed E-state index contributed by atoms with van der Waals surface area (Å²) in [6.45, 7) is 7.87. The van der Waals surface area contributed by atoms with E-state index < -0.39 is 0 Å². The van der Waals surface area contributed by atoms with Crippen molar-refractivity contribution in [2.75, 3.05) is 13.1 Å². The van der Waals surface area contributed by atoms with Crippen molar-refractivity contribution in [3.05, 3.63) is 28.3 Å². The molecular weight excluding hydrogens is 324 g/mol. The van der Waals surface area contributed by atoms with E-state index in [-0.39, 0.29) is 17.2 Å². The normalized spacial score (nSPS) is 17.4. The highest BCUT2D eigenvalue weighted by Crippen LogP contribution is 2.36. The smallest absolute Gasteiger partial charge is 0.227 e. The van der Waals surface area contributed by atoms with Gasteiger partial charge in [-0.2, -0.15) is 4.98 Å². The molecule has 2 aromatic heterocycles. The molecule has 0 spiro atoms. The van der Waals surface area contributed by atoms with Gasteiger partial charge in [0.05, 0.1) is 5.01 Å². The number of likely N-dealkylation sites (tertiary alicyclic amines) is 1. The van der Waals surface area contributed by atoms with Gasteiger partial charge in [-0.3, -0.25) is 4.79 Å². The number of thiazole rings is 1. The lowest BCUT2D eigenvalue weighted by Gasteiger charge is -2.38. The van der Waals surface area contributed by atoms with Crippen LogP contribution >= 0.6 is 11.3 Å². The zero-order chi connectivity index (χ0) is 17.2. The first kappa shape index (κ1) is 17.1. The predicted octanol–water partition coefficient (Wildman–Crippen LogP) is 3.16. The molecule has 0 aromatic carbocycles. The molecule has 6 nitrogen and oxygen atoms in total. The molecular formula is C17H24N4O2S. The number of amides is 1. The molecule has 0 atom stereocenters. The van der Waals surface area contributed by atoms with E-state index in [1.54, 1.807) is 11.3 Å². The maximum atomic E-state index is 12.4. The Morgan fingerprint density at radius 1 is 1.42 bits per heavy atom. The van der Waals surface area contributed by atoms with Gasteiger partial charge >= 0.3 is 0 Å². The number of hydrogen-bond acceptors (Lipinski definition) is 6. The molecule has 0 saturated carbocycles. The number of piperidine rings is 1. The lowest BCUT2D eigenvalue weighted by atomic mass is 9.81. The first-order valence-electron chi connectivity index (χ1n) is 8.48. The summed E-state index contributed by atoms with van der Waals surface area (Å²) >= 11 is 1.71. The molecule has 1 aliphatic heterocycles. The molecule has 3 heterocycles. The Labute approximate surface area is 146 Å². The minimum absolute atomic E-state index is 0.101. The van der Waals surface area contributed by atoms with Crippen molar-refractivity contribution in [2.45, 2.75) is 57.8 Å². The molecule has 2 aromatic rings. The molecule has 0 radical (unpaired) electrons. The lowest BCUT2D eigenvalue weighted by Crippen LogP contribution is -2.44. The van der Waals surface area contributed by atoms with E-state index in [0.717, 1.165) is 25.9 Å². The second-order valence-electron chi connectivity index (χ2n) is 6.98. The average Bonchev–Trinajstić information content (AvgIpc) is 3.25. The van der Waals surface area contributed by atoms with Gasteiger partial charge in [-0.1, -0.05) is 25.9 Å². The van der Waals surface area contributed by atoms with Crippen LogP contribution in [0.1, 0.15) is 62.7 Å². The minimum Gasteiger partial charge on any atom is -0.343 e. The van der Waals surface area contributed by atoms with Gasteiger partial charge in [0.1, 0.15) is 0 Å². The van der Waals surface area contributed by atoms with E-state index in [4.69, 9.17) is 4.52 Å². The summed E-state index contributed by atoms with van der Waals surface area (Å²) < 4.78 is 5.21. The second kappa shape index (κ2) is 7.01. The van der Waals surface area contributed by atoms with Gasteiger partial charge in [0.25, 0.3) is 0 Å². The first-order chi connectivity index (χ1) is 11.5. The maximum Gasteiger partial charge on any atom is 0.227 e. The van der Waals surface area contributed by atoms with Crippen molar-refractivity contribution < 1.29 is 9.32 Å². The van der Waals surface area contributed by atoms with Crippen LogP contribution < -0.4 is 0 Å². The zero-order valence-electron chi connectivity index (χ0n) is 14.5. The Balaban J connectivity index is 1.50. The van der Waals surface area contributed by atoms with Crippen LogP contribution in [0.2, 0.25) is 0 Å². The molecule has 130 valence electrons. The fourth-order valence-corrected chi connectivity index (χ4v) is 3.82. The first-order valence-corrected chi connectivity index (χ1v) is 9.36. The SMILES string of the molecule is CC(C)c1noc(CCC(=O)N2CCC(C)(c3nccs3)CC2)n1. The summed E-state index contributed by atoms with van der Waals surface area (Å²) in [5, 5.41) is 7.14. The van der Waals surface area contributed by atoms with Crippen LogP contribution in [0.25, 0.3) is 0 Å². The van der Waals surface area contributed by atoms with Gasteiger partial charge in [0, 0.05) is 48.8 Å². The van der Waals surface area contributed by atoms with Crippen molar-refractivity contribution in [1.29, 1.82) is 0 Å². The molecule has 1 aliphatic rings. The van der Waals surface area contributed by atoms with Gasteiger partial charge in [0.15, 0.2) is 5.82 Å². The third-order valence-corrected chi connectivity index (χ3v) is 5.80. The van der Waals surface area contributed by atoms with E-state index in [0.29, 0.717) is 24.6 Å². The van der Waals surface area contributed by atoms with Gasteiger partial charge in [-0.15, -0.1) is 11.3 Å². The number of hydrogen-bond donors (Lipinski definition) is 0. The molecule has 1 fully saturated rings. The highest BCUT2D eigenvalue weighted by atomic mass is 32.1. The third-order valence-electron chi connectivity index (χ3n) is 4.72. The summed E-state index contributed by atoms with van der Waals surface area (Å²) in [7, 11) is 0. The summed E-state index contributed by atoms with van der Waals surface area (Å²) in [6.07, 6.45) is 4.72. The van der Waals surface area contributed by atoms with Crippen LogP contribution in [0.3, 0.4) is 0 Å². The Bertz CT molecular complexity index is 673. The lowest BCUT2D eigenvalue weighted by molar-refractivity contribution is -0.132. The molecule has 24 heavy (non-hydrogen) atoms. The van der Waals surface area contributed by atoms with Crippen LogP contribution in [-0.4, -0.2) is 39.0 Å². The standard InChI is InChI=1S/C17H24N4O2S/c1-12(2)15-19-13(23-20-15)4-5-14(22)21-9-6-17(3,7-10-21)16-18-8-11-24-16/h8,11-12H,4-7,9-10H2,1-3H3. The zero-order valence-corrected chi connectivity index (χ0v) is 15.3. The van der Waals surface area contributed by atoms with E-state index in [2.05, 4.69) is 22.0 Å². The molecule has 3 rings (SSSR count). The molecule has 7 heteroatoms.